The SMILES string of the molecule is CCOc1ccc(N(Cc2cc(C=O)ccc2OC)C2=NC3CS(=O)(=O)CC3S2)cc1. The van der Waals surface area contributed by atoms with Crippen LogP contribution in [0.15, 0.2) is 47.5 Å². The highest BCUT2D eigenvalue weighted by molar-refractivity contribution is 8.15. The minimum Gasteiger partial charge on any atom is -0.496 e. The minimum absolute atomic E-state index is 0.0617. The maximum absolute atomic E-state index is 12.0. The van der Waals surface area contributed by atoms with Crippen molar-refractivity contribution in [3.8, 4) is 11.5 Å². The number of amidine groups is 1. The molecule has 0 amide bonds. The lowest BCUT2D eigenvalue weighted by atomic mass is 10.1. The largest absolute Gasteiger partial charge is 0.496 e. The average molecular weight is 461 g/mol. The van der Waals surface area contributed by atoms with Gasteiger partial charge in [0.05, 0.1) is 37.8 Å². The molecule has 2 aromatic rings. The first-order chi connectivity index (χ1) is 14.9. The van der Waals surface area contributed by atoms with E-state index >= 15 is 0 Å². The number of methoxy groups -OCH3 is 1. The summed E-state index contributed by atoms with van der Waals surface area (Å²) in [4.78, 5) is 18.1. The number of carbonyl (C=O) groups excluding carboxylic acids is 1. The summed E-state index contributed by atoms with van der Waals surface area (Å²) in [7, 11) is -1.44. The van der Waals surface area contributed by atoms with Gasteiger partial charge in [0.2, 0.25) is 0 Å². The molecule has 2 atom stereocenters. The van der Waals surface area contributed by atoms with E-state index in [2.05, 4.69) is 0 Å². The number of hydrogen-bond acceptors (Lipinski definition) is 8. The van der Waals surface area contributed by atoms with Crippen molar-refractivity contribution in [3.05, 3.63) is 53.6 Å². The fourth-order valence-electron chi connectivity index (χ4n) is 3.79. The molecule has 0 saturated carbocycles. The Labute approximate surface area is 186 Å². The lowest BCUT2D eigenvalue weighted by molar-refractivity contribution is 0.112. The van der Waals surface area contributed by atoms with Crippen LogP contribution in [0.5, 0.6) is 11.5 Å². The van der Waals surface area contributed by atoms with Gasteiger partial charge in [-0.3, -0.25) is 9.79 Å². The van der Waals surface area contributed by atoms with E-state index in [0.717, 1.165) is 28.5 Å². The normalized spacial score (nSPS) is 21.3. The Bertz CT molecular complexity index is 1100. The van der Waals surface area contributed by atoms with Crippen LogP contribution >= 0.6 is 11.8 Å². The van der Waals surface area contributed by atoms with E-state index in [1.807, 2.05) is 36.1 Å². The van der Waals surface area contributed by atoms with Crippen molar-refractivity contribution in [1.29, 1.82) is 0 Å². The highest BCUT2D eigenvalue weighted by Gasteiger charge is 2.44. The van der Waals surface area contributed by atoms with Crippen molar-refractivity contribution in [2.45, 2.75) is 24.8 Å². The molecular weight excluding hydrogens is 436 g/mol. The first kappa shape index (κ1) is 21.7. The predicted octanol–water partition coefficient (Wildman–Crippen LogP) is 3.18. The molecule has 0 spiro atoms. The summed E-state index contributed by atoms with van der Waals surface area (Å²) in [6.07, 6.45) is 0.807. The van der Waals surface area contributed by atoms with Crippen LogP contribution in [0.4, 0.5) is 5.69 Å². The van der Waals surface area contributed by atoms with Crippen molar-refractivity contribution in [1.82, 2.24) is 0 Å². The summed E-state index contributed by atoms with van der Waals surface area (Å²) in [5.41, 5.74) is 2.30. The first-order valence-corrected chi connectivity index (χ1v) is 12.7. The Hall–Kier alpha value is -2.52. The second-order valence-corrected chi connectivity index (χ2v) is 10.8. The maximum Gasteiger partial charge on any atom is 0.164 e. The molecule has 7 nitrogen and oxygen atoms in total. The van der Waals surface area contributed by atoms with Gasteiger partial charge in [0, 0.05) is 22.1 Å². The van der Waals surface area contributed by atoms with Gasteiger partial charge in [-0.2, -0.15) is 0 Å². The summed E-state index contributed by atoms with van der Waals surface area (Å²) in [5.74, 6) is 1.69. The number of thioether (sulfide) groups is 1. The number of fused-ring (bicyclic) bond motifs is 1. The van der Waals surface area contributed by atoms with Crippen molar-refractivity contribution in [2.75, 3.05) is 30.1 Å². The number of aldehydes is 1. The smallest absolute Gasteiger partial charge is 0.164 e. The molecule has 2 aliphatic rings. The fraction of sp³-hybridized carbons (Fsp3) is 0.364. The van der Waals surface area contributed by atoms with Gasteiger partial charge in [0.1, 0.15) is 17.8 Å². The summed E-state index contributed by atoms with van der Waals surface area (Å²) < 4.78 is 35.0. The van der Waals surface area contributed by atoms with Crippen LogP contribution in [0.3, 0.4) is 0 Å². The predicted molar refractivity (Wildman–Crippen MR) is 123 cm³/mol. The van der Waals surface area contributed by atoms with Crippen molar-refractivity contribution in [2.24, 2.45) is 4.99 Å². The third kappa shape index (κ3) is 4.72. The van der Waals surface area contributed by atoms with Gasteiger partial charge >= 0.3 is 0 Å². The molecule has 2 aromatic carbocycles. The van der Waals surface area contributed by atoms with E-state index in [4.69, 9.17) is 14.5 Å². The molecule has 31 heavy (non-hydrogen) atoms. The highest BCUT2D eigenvalue weighted by atomic mass is 32.2. The number of rotatable bonds is 7. The Morgan fingerprint density at radius 3 is 2.61 bits per heavy atom. The molecule has 0 bridgehead atoms. The Balaban J connectivity index is 1.69. The van der Waals surface area contributed by atoms with Gasteiger partial charge in [-0.15, -0.1) is 0 Å². The number of hydrogen-bond donors (Lipinski definition) is 0. The third-order valence-corrected chi connectivity index (χ3v) is 8.51. The van der Waals surface area contributed by atoms with Crippen LogP contribution in [0.25, 0.3) is 0 Å². The van der Waals surface area contributed by atoms with Gasteiger partial charge in [-0.05, 0) is 49.4 Å². The zero-order valence-corrected chi connectivity index (χ0v) is 19.0. The monoisotopic (exact) mass is 460 g/mol. The molecule has 0 aromatic heterocycles. The number of aliphatic imine (C=N–C) groups is 1. The molecule has 2 unspecified atom stereocenters. The average Bonchev–Trinajstić information content (AvgIpc) is 3.26. The molecule has 2 heterocycles. The summed E-state index contributed by atoms with van der Waals surface area (Å²) >= 11 is 1.50. The number of benzene rings is 2. The van der Waals surface area contributed by atoms with Crippen molar-refractivity contribution in [3.63, 3.8) is 0 Å². The zero-order chi connectivity index (χ0) is 22.0. The molecule has 0 N–H and O–H groups in total. The van der Waals surface area contributed by atoms with Gasteiger partial charge in [0.15, 0.2) is 15.0 Å². The number of ether oxygens (including phenoxy) is 2. The number of carbonyl (C=O) groups is 1. The molecule has 4 rings (SSSR count). The molecule has 0 aliphatic carbocycles. The number of anilines is 1. The van der Waals surface area contributed by atoms with Crippen LogP contribution < -0.4 is 14.4 Å². The van der Waals surface area contributed by atoms with Crippen molar-refractivity contribution < 1.29 is 22.7 Å². The summed E-state index contributed by atoms with van der Waals surface area (Å²) in [6.45, 7) is 2.94. The first-order valence-electron chi connectivity index (χ1n) is 10.00. The zero-order valence-electron chi connectivity index (χ0n) is 17.4. The highest BCUT2D eigenvalue weighted by Crippen LogP contribution is 2.38. The topological polar surface area (TPSA) is 85.3 Å². The van der Waals surface area contributed by atoms with Crippen LogP contribution in [-0.4, -0.2) is 56.4 Å². The Kier molecular flexibility index (Phi) is 6.24. The standard InChI is InChI=1S/C22H24N2O5S2/c1-3-29-18-7-5-17(6-8-18)24(11-16-10-15(12-25)4-9-20(16)28-2)22-23-19-13-31(26,27)14-21(19)30-22/h4-10,12,19,21H,3,11,13-14H2,1-2H3. The third-order valence-electron chi connectivity index (χ3n) is 5.26. The molecule has 1 saturated heterocycles. The lowest BCUT2D eigenvalue weighted by Gasteiger charge is -2.26. The second-order valence-electron chi connectivity index (χ2n) is 7.41. The van der Waals surface area contributed by atoms with Crippen molar-refractivity contribution >= 4 is 38.7 Å². The van der Waals surface area contributed by atoms with E-state index < -0.39 is 9.84 Å². The van der Waals surface area contributed by atoms with Crippen LogP contribution in [0.2, 0.25) is 0 Å². The molecule has 9 heteroatoms. The van der Waals surface area contributed by atoms with E-state index in [0.29, 0.717) is 24.5 Å². The quantitative estimate of drug-likeness (QED) is 0.587. The molecule has 2 aliphatic heterocycles. The maximum atomic E-state index is 12.0. The van der Waals surface area contributed by atoms with E-state index in [1.54, 1.807) is 25.3 Å². The number of nitrogens with zero attached hydrogens (tertiary/aromatic N) is 2. The Morgan fingerprint density at radius 1 is 1.19 bits per heavy atom. The van der Waals surface area contributed by atoms with E-state index in [9.17, 15) is 13.2 Å². The van der Waals surface area contributed by atoms with Crippen LogP contribution in [-0.2, 0) is 16.4 Å². The summed E-state index contributed by atoms with van der Waals surface area (Å²) in [6, 6.07) is 12.8. The molecular formula is C22H24N2O5S2. The van der Waals surface area contributed by atoms with Gasteiger partial charge in [-0.25, -0.2) is 8.42 Å². The molecule has 164 valence electrons. The fourth-order valence-corrected chi connectivity index (χ4v) is 7.58. The summed E-state index contributed by atoms with van der Waals surface area (Å²) in [5, 5.41) is 0.709. The van der Waals surface area contributed by atoms with E-state index in [1.165, 1.54) is 11.8 Å². The Morgan fingerprint density at radius 2 is 1.97 bits per heavy atom. The van der Waals surface area contributed by atoms with Gasteiger partial charge < -0.3 is 14.4 Å². The molecule has 1 fully saturated rings. The number of sulfone groups is 1. The van der Waals surface area contributed by atoms with E-state index in [-0.39, 0.29) is 22.8 Å². The molecule has 0 radical (unpaired) electrons. The van der Waals surface area contributed by atoms with Gasteiger partial charge in [0.25, 0.3) is 0 Å². The minimum atomic E-state index is -3.03. The second kappa shape index (κ2) is 8.92. The van der Waals surface area contributed by atoms with Crippen LogP contribution in [0.1, 0.15) is 22.8 Å². The van der Waals surface area contributed by atoms with Gasteiger partial charge in [-0.1, -0.05) is 11.8 Å². The van der Waals surface area contributed by atoms with Crippen LogP contribution in [0, 0.1) is 0 Å². The lowest BCUT2D eigenvalue weighted by Crippen LogP contribution is -2.28.